The van der Waals surface area contributed by atoms with Crippen molar-refractivity contribution < 1.29 is 18.3 Å². The summed E-state index contributed by atoms with van der Waals surface area (Å²) < 4.78 is 11.9. The Bertz CT molecular complexity index is 1830. The molecule has 2 aliphatic rings. The third-order valence-electron chi connectivity index (χ3n) is 10.6. The van der Waals surface area contributed by atoms with Gasteiger partial charge >= 0.3 is 263 Å². The van der Waals surface area contributed by atoms with Crippen molar-refractivity contribution in [3.05, 3.63) is 133 Å². The van der Waals surface area contributed by atoms with Crippen LogP contribution in [0, 0.1) is 44.9 Å². The first kappa shape index (κ1) is 35.5. The van der Waals surface area contributed by atoms with Crippen molar-refractivity contribution in [1.29, 1.82) is 0 Å². The number of hydrogen-bond donors (Lipinski definition) is 0. The summed E-state index contributed by atoms with van der Waals surface area (Å²) in [5, 5.41) is 0. The normalized spacial score (nSPS) is 15.9. The van der Waals surface area contributed by atoms with Crippen molar-refractivity contribution in [2.75, 3.05) is 0 Å². The summed E-state index contributed by atoms with van der Waals surface area (Å²) in [6.07, 6.45) is 6.21. The van der Waals surface area contributed by atoms with Crippen LogP contribution in [0.4, 0.5) is 0 Å². The molecular weight excluding hydrogens is 667 g/mol. The molecule has 4 aromatic carbocycles. The quantitative estimate of drug-likeness (QED) is 0.170. The zero-order chi connectivity index (χ0) is 30.9. The van der Waals surface area contributed by atoms with Gasteiger partial charge in [-0.25, -0.2) is 0 Å². The van der Waals surface area contributed by atoms with Crippen molar-refractivity contribution in [3.8, 4) is 11.1 Å². The van der Waals surface area contributed by atoms with Gasteiger partial charge in [0.2, 0.25) is 0 Å². The predicted molar refractivity (Wildman–Crippen MR) is 201 cm³/mol. The van der Waals surface area contributed by atoms with Gasteiger partial charge in [-0.3, -0.25) is 0 Å². The fourth-order valence-corrected chi connectivity index (χ4v) is 25.8. The Hall–Kier alpha value is -2.31. The van der Waals surface area contributed by atoms with E-state index in [2.05, 4.69) is 153 Å². The molecule has 4 aromatic rings. The first-order chi connectivity index (χ1) is 20.2. The van der Waals surface area contributed by atoms with Crippen LogP contribution in [-0.2, 0) is 24.7 Å². The molecule has 0 saturated carbocycles. The van der Waals surface area contributed by atoms with E-state index in [1.165, 1.54) is 56.6 Å². The summed E-state index contributed by atoms with van der Waals surface area (Å²) in [7, 11) is 0. The van der Waals surface area contributed by atoms with E-state index in [-0.39, 0.29) is 30.2 Å². The number of hydrogen-bond acceptors (Lipinski definition) is 0. The Balaban J connectivity index is 0.00000230. The van der Waals surface area contributed by atoms with E-state index in [9.17, 15) is 0 Å². The molecule has 236 valence electrons. The Kier molecular flexibility index (Phi) is 9.78. The second-order valence-electron chi connectivity index (χ2n) is 15.1. The number of halogens is 2. The number of fused-ring (bicyclic) bond motifs is 3. The van der Waals surface area contributed by atoms with E-state index < -0.39 is 18.3 Å². The van der Waals surface area contributed by atoms with E-state index in [1.807, 2.05) is 0 Å². The van der Waals surface area contributed by atoms with E-state index in [1.54, 1.807) is 6.55 Å². The van der Waals surface area contributed by atoms with Gasteiger partial charge in [-0.05, 0) is 0 Å². The Morgan fingerprint density at radius 2 is 1.22 bits per heavy atom. The van der Waals surface area contributed by atoms with Crippen LogP contribution in [0.25, 0.3) is 11.1 Å². The fraction of sp³-hybridized carbons (Fsp3) is 0.310. The zero-order valence-electron chi connectivity index (χ0n) is 28.5. The van der Waals surface area contributed by atoms with Crippen molar-refractivity contribution in [1.82, 2.24) is 0 Å². The molecule has 0 N–H and O–H groups in total. The average Bonchev–Trinajstić information content (AvgIpc) is 3.56. The maximum absolute atomic E-state index is 5.83. The van der Waals surface area contributed by atoms with Crippen molar-refractivity contribution >= 4 is 38.8 Å². The fourth-order valence-electron chi connectivity index (χ4n) is 8.21. The molecule has 0 saturated heterocycles. The van der Waals surface area contributed by atoms with Gasteiger partial charge in [0, 0.05) is 0 Å². The maximum atomic E-state index is 5.83. The molecule has 45 heavy (non-hydrogen) atoms. The summed E-state index contributed by atoms with van der Waals surface area (Å²) in [4.78, 5) is 0. The van der Waals surface area contributed by atoms with Crippen LogP contribution >= 0.6 is 24.8 Å². The summed E-state index contributed by atoms with van der Waals surface area (Å²) in [6, 6.07) is 31.0. The Morgan fingerprint density at radius 3 is 1.73 bits per heavy atom. The van der Waals surface area contributed by atoms with Crippen LogP contribution < -0.4 is 9.81 Å². The monoisotopic (exact) mass is 714 g/mol. The molecule has 0 nitrogen and oxygen atoms in total. The van der Waals surface area contributed by atoms with Gasteiger partial charge in [-0.1, -0.05) is 0 Å². The molecule has 0 radical (unpaired) electrons. The van der Waals surface area contributed by atoms with Gasteiger partial charge in [0.25, 0.3) is 0 Å². The van der Waals surface area contributed by atoms with Crippen LogP contribution in [-0.4, -0.2) is 4.21 Å². The molecule has 1 unspecified atom stereocenters. The first-order valence-corrected chi connectivity index (χ1v) is 22.7. The molecular formula is C42H50Cl2Zr. The van der Waals surface area contributed by atoms with E-state index in [0.717, 1.165) is 6.42 Å². The van der Waals surface area contributed by atoms with Gasteiger partial charge in [0.1, 0.15) is 0 Å². The zero-order valence-corrected chi connectivity index (χ0v) is 32.6. The minimum absolute atomic E-state index is 0. The minimum atomic E-state index is -4.92. The SMILES string of the molecule is Cl.Cl.[CH2]=[Zr]([C]1=CC(C(C)(C)C)=CC1C(C)C)([c]1ccc(C)cc1)([c]1ccc(C)cc1)[c]1c(C)ccc2c1Cc1cc(C)ccc1-2. The molecule has 0 aromatic heterocycles. The Labute approximate surface area is 285 Å². The number of aryl methyl sites for hydroxylation is 4. The average molecular weight is 717 g/mol. The van der Waals surface area contributed by atoms with Gasteiger partial charge < -0.3 is 0 Å². The van der Waals surface area contributed by atoms with Crippen molar-refractivity contribution in [2.24, 2.45) is 17.3 Å². The van der Waals surface area contributed by atoms with Gasteiger partial charge in [-0.2, -0.15) is 0 Å². The molecule has 1 atom stereocenters. The van der Waals surface area contributed by atoms with Crippen LogP contribution in [0.3, 0.4) is 0 Å². The van der Waals surface area contributed by atoms with E-state index in [4.69, 9.17) is 4.21 Å². The summed E-state index contributed by atoms with van der Waals surface area (Å²) >= 11 is -4.92. The van der Waals surface area contributed by atoms with Gasteiger partial charge in [0.15, 0.2) is 0 Å². The van der Waals surface area contributed by atoms with Crippen molar-refractivity contribution in [2.45, 2.75) is 68.7 Å². The molecule has 0 amide bonds. The Morgan fingerprint density at radius 1 is 0.711 bits per heavy atom. The van der Waals surface area contributed by atoms with Gasteiger partial charge in [-0.15, -0.1) is 24.8 Å². The number of allylic oxidation sites excluding steroid dienone is 4. The summed E-state index contributed by atoms with van der Waals surface area (Å²) in [5.41, 5.74) is 12.6. The molecule has 2 aliphatic carbocycles. The molecule has 3 heteroatoms. The number of rotatable bonds is 5. The van der Waals surface area contributed by atoms with E-state index in [0.29, 0.717) is 11.8 Å². The predicted octanol–water partition coefficient (Wildman–Crippen LogP) is 9.88. The molecule has 0 aliphatic heterocycles. The van der Waals surface area contributed by atoms with Crippen LogP contribution in [0.2, 0.25) is 0 Å². The summed E-state index contributed by atoms with van der Waals surface area (Å²) in [6.45, 7) is 20.9. The molecule has 0 spiro atoms. The number of benzene rings is 4. The topological polar surface area (TPSA) is 0 Å². The second-order valence-corrected chi connectivity index (χ2v) is 27.7. The molecule has 6 rings (SSSR count). The van der Waals surface area contributed by atoms with Crippen LogP contribution in [0.1, 0.15) is 68.0 Å². The third kappa shape index (κ3) is 5.46. The van der Waals surface area contributed by atoms with Crippen LogP contribution in [0.15, 0.2) is 99.9 Å². The third-order valence-corrected chi connectivity index (χ3v) is 27.3. The van der Waals surface area contributed by atoms with Gasteiger partial charge in [0.05, 0.1) is 0 Å². The first-order valence-electron chi connectivity index (χ1n) is 16.1. The molecule has 0 fully saturated rings. The van der Waals surface area contributed by atoms with Crippen LogP contribution in [0.5, 0.6) is 0 Å². The summed E-state index contributed by atoms with van der Waals surface area (Å²) in [5.74, 6) is 0.801. The molecule has 0 bridgehead atoms. The van der Waals surface area contributed by atoms with Crippen molar-refractivity contribution in [3.63, 3.8) is 0 Å². The molecule has 0 heterocycles. The standard InChI is InChI=1S/C15H13.C12H19.2C7H7.CH2.2ClH.Zr/c1-10-3-5-14-12(7-10)9-13-8-11(2)4-6-15(13)14;1-9(2)10-6-7-11(8-10)12(3,4)5;2*1-7-5-3-2-4-6-7;;;;/h3-7H,9H2,1-2H3;7-10H,1-5H3;2*3-6H,1H3;1H2;2*1H;. The second kappa shape index (κ2) is 12.4. The van der Waals surface area contributed by atoms with E-state index >= 15 is 0 Å².